The number of aromatic hydroxyl groups is 1. The third kappa shape index (κ3) is 5.53. The first kappa shape index (κ1) is 25.2. The third-order valence-corrected chi connectivity index (χ3v) is 7.47. The fourth-order valence-corrected chi connectivity index (χ4v) is 5.49. The lowest BCUT2D eigenvalue weighted by Gasteiger charge is -2.52. The van der Waals surface area contributed by atoms with Crippen LogP contribution in [-0.2, 0) is 16.1 Å². The van der Waals surface area contributed by atoms with Gasteiger partial charge in [-0.3, -0.25) is 14.5 Å². The van der Waals surface area contributed by atoms with E-state index in [1.165, 1.54) is 5.56 Å². The molecule has 2 N–H and O–H groups in total. The number of phenolic OH excluding ortho intramolecular Hbond substituents is 1. The van der Waals surface area contributed by atoms with Crippen LogP contribution in [0.4, 0.5) is 0 Å². The summed E-state index contributed by atoms with van der Waals surface area (Å²) >= 11 is 0. The number of phenols is 1. The minimum atomic E-state index is -0.718. The minimum absolute atomic E-state index is 0.0350. The second-order valence-corrected chi connectivity index (χ2v) is 10.6. The molecule has 4 rings (SSSR count). The fourth-order valence-electron chi connectivity index (χ4n) is 5.49. The molecule has 2 aromatic carbocycles. The van der Waals surface area contributed by atoms with Crippen molar-refractivity contribution in [1.82, 2.24) is 15.1 Å². The highest BCUT2D eigenvalue weighted by Gasteiger charge is 2.53. The highest BCUT2D eigenvalue weighted by atomic mass is 16.3. The number of nitrogens with zero attached hydrogens (tertiary/aromatic N) is 2. The number of amides is 2. The molecule has 35 heavy (non-hydrogen) atoms. The van der Waals surface area contributed by atoms with Crippen LogP contribution >= 0.6 is 0 Å². The van der Waals surface area contributed by atoms with Crippen LogP contribution in [0.5, 0.6) is 5.75 Å². The van der Waals surface area contributed by atoms with Crippen LogP contribution in [0.2, 0.25) is 0 Å². The molecule has 2 aliphatic rings. The van der Waals surface area contributed by atoms with Crippen LogP contribution in [0.15, 0.2) is 48.5 Å². The number of nitrogens with one attached hydrogen (secondary N) is 1. The molecule has 0 saturated carbocycles. The highest BCUT2D eigenvalue weighted by molar-refractivity contribution is 6.00. The molecule has 2 aliphatic heterocycles. The predicted octanol–water partition coefficient (Wildman–Crippen LogP) is 4.57. The molecule has 0 bridgehead atoms. The van der Waals surface area contributed by atoms with E-state index in [2.05, 4.69) is 55.3 Å². The smallest absolute Gasteiger partial charge is 0.246 e. The monoisotopic (exact) mass is 477 g/mol. The number of unbranched alkanes of at least 4 members (excludes halogenated alkanes) is 1. The topological polar surface area (TPSA) is 72.9 Å². The number of hydrogen-bond donors (Lipinski definition) is 2. The van der Waals surface area contributed by atoms with Gasteiger partial charge < -0.3 is 15.3 Å². The van der Waals surface area contributed by atoms with E-state index in [4.69, 9.17) is 0 Å². The maximum atomic E-state index is 13.4. The Balaban J connectivity index is 1.45. The van der Waals surface area contributed by atoms with Crippen LogP contribution < -0.4 is 5.32 Å². The molecule has 1 atom stereocenters. The van der Waals surface area contributed by atoms with Crippen LogP contribution in [0.25, 0.3) is 11.1 Å². The maximum Gasteiger partial charge on any atom is 0.246 e. The van der Waals surface area contributed by atoms with Crippen LogP contribution in [0, 0.1) is 5.92 Å². The summed E-state index contributed by atoms with van der Waals surface area (Å²) in [6.45, 7) is 9.34. The first-order chi connectivity index (χ1) is 16.8. The molecule has 6 heteroatoms. The molecule has 2 aromatic rings. The molecule has 2 fully saturated rings. The zero-order valence-electron chi connectivity index (χ0n) is 21.3. The van der Waals surface area contributed by atoms with E-state index in [0.717, 1.165) is 43.6 Å². The van der Waals surface area contributed by atoms with Gasteiger partial charge in [-0.1, -0.05) is 57.5 Å². The van der Waals surface area contributed by atoms with Gasteiger partial charge >= 0.3 is 0 Å². The first-order valence-corrected chi connectivity index (χ1v) is 13.1. The van der Waals surface area contributed by atoms with Crippen molar-refractivity contribution in [3.8, 4) is 16.9 Å². The zero-order valence-corrected chi connectivity index (χ0v) is 21.3. The standard InChI is InChI=1S/C29H39N3O3/c1-4-5-15-32-27(34)26(18-21(2)3)30-28(35)29(32)13-16-31(17-14-29)20-22-7-6-8-24(19-22)23-9-11-25(33)12-10-23/h6-12,19,21,26,33H,4-5,13-18,20H2,1-3H3,(H,30,35)/t26-/m0/s1. The molecule has 1 spiro atoms. The lowest BCUT2D eigenvalue weighted by atomic mass is 9.80. The molecular formula is C29H39N3O3. The lowest BCUT2D eigenvalue weighted by molar-refractivity contribution is -0.161. The summed E-state index contributed by atoms with van der Waals surface area (Å²) < 4.78 is 0. The third-order valence-electron chi connectivity index (χ3n) is 7.47. The molecule has 2 saturated heterocycles. The average molecular weight is 478 g/mol. The van der Waals surface area contributed by atoms with Gasteiger partial charge in [0.05, 0.1) is 0 Å². The van der Waals surface area contributed by atoms with Gasteiger partial charge in [0.1, 0.15) is 17.3 Å². The van der Waals surface area contributed by atoms with Crippen molar-refractivity contribution in [3.05, 3.63) is 54.1 Å². The average Bonchev–Trinajstić information content (AvgIpc) is 2.84. The summed E-state index contributed by atoms with van der Waals surface area (Å²) in [4.78, 5) is 31.2. The van der Waals surface area contributed by atoms with Crippen LogP contribution in [0.3, 0.4) is 0 Å². The number of piperazine rings is 1. The fraction of sp³-hybridized carbons (Fsp3) is 0.517. The van der Waals surface area contributed by atoms with E-state index < -0.39 is 11.6 Å². The molecule has 6 nitrogen and oxygen atoms in total. The summed E-state index contributed by atoms with van der Waals surface area (Å²) in [5, 5.41) is 12.7. The van der Waals surface area contributed by atoms with Gasteiger partial charge in [-0.25, -0.2) is 0 Å². The summed E-state index contributed by atoms with van der Waals surface area (Å²) in [6, 6.07) is 15.3. The molecule has 0 aliphatic carbocycles. The van der Waals surface area contributed by atoms with Crippen molar-refractivity contribution in [2.45, 2.75) is 71.0 Å². The zero-order chi connectivity index (χ0) is 25.0. The molecular weight excluding hydrogens is 438 g/mol. The van der Waals surface area contributed by atoms with E-state index in [9.17, 15) is 14.7 Å². The molecule has 0 aromatic heterocycles. The van der Waals surface area contributed by atoms with E-state index in [1.807, 2.05) is 17.0 Å². The number of rotatable bonds is 8. The Bertz CT molecular complexity index is 1030. The van der Waals surface area contributed by atoms with Gasteiger partial charge in [-0.15, -0.1) is 0 Å². The highest BCUT2D eigenvalue weighted by Crippen LogP contribution is 2.35. The van der Waals surface area contributed by atoms with Crippen LogP contribution in [0.1, 0.15) is 58.4 Å². The number of benzene rings is 2. The molecule has 2 amide bonds. The Labute approximate surface area is 209 Å². The van der Waals surface area contributed by atoms with Crippen molar-refractivity contribution < 1.29 is 14.7 Å². The van der Waals surface area contributed by atoms with E-state index in [-0.39, 0.29) is 17.6 Å². The molecule has 0 unspecified atom stereocenters. The van der Waals surface area contributed by atoms with E-state index in [1.54, 1.807) is 12.1 Å². The quantitative estimate of drug-likeness (QED) is 0.584. The van der Waals surface area contributed by atoms with E-state index in [0.29, 0.717) is 31.7 Å². The Morgan fingerprint density at radius 1 is 1.06 bits per heavy atom. The number of hydrogen-bond acceptors (Lipinski definition) is 4. The lowest BCUT2D eigenvalue weighted by Crippen LogP contribution is -2.73. The van der Waals surface area contributed by atoms with Gasteiger partial charge in [-0.2, -0.15) is 0 Å². The number of piperidine rings is 1. The van der Waals surface area contributed by atoms with Gasteiger partial charge in [0.25, 0.3) is 0 Å². The number of likely N-dealkylation sites (tertiary alicyclic amines) is 1. The summed E-state index contributed by atoms with van der Waals surface area (Å²) in [6.07, 6.45) is 3.94. The largest absolute Gasteiger partial charge is 0.508 e. The maximum absolute atomic E-state index is 13.4. The number of carbonyl (C=O) groups excluding carboxylic acids is 2. The summed E-state index contributed by atoms with van der Waals surface area (Å²) in [7, 11) is 0. The van der Waals surface area contributed by atoms with Crippen molar-refractivity contribution in [2.75, 3.05) is 19.6 Å². The van der Waals surface area contributed by atoms with Gasteiger partial charge in [0.15, 0.2) is 0 Å². The minimum Gasteiger partial charge on any atom is -0.508 e. The van der Waals surface area contributed by atoms with Crippen molar-refractivity contribution in [3.63, 3.8) is 0 Å². The predicted molar refractivity (Wildman–Crippen MR) is 139 cm³/mol. The van der Waals surface area contributed by atoms with Gasteiger partial charge in [-0.05, 0) is 66.5 Å². The van der Waals surface area contributed by atoms with E-state index >= 15 is 0 Å². The Morgan fingerprint density at radius 2 is 1.77 bits per heavy atom. The second kappa shape index (κ2) is 10.8. The summed E-state index contributed by atoms with van der Waals surface area (Å²) in [5.74, 6) is 0.751. The molecule has 2 heterocycles. The second-order valence-electron chi connectivity index (χ2n) is 10.6. The van der Waals surface area contributed by atoms with Gasteiger partial charge in [0, 0.05) is 26.2 Å². The summed E-state index contributed by atoms with van der Waals surface area (Å²) in [5.41, 5.74) is 2.69. The number of carbonyl (C=O) groups is 2. The molecule has 188 valence electrons. The van der Waals surface area contributed by atoms with Crippen molar-refractivity contribution >= 4 is 11.8 Å². The van der Waals surface area contributed by atoms with Gasteiger partial charge in [0.2, 0.25) is 11.8 Å². The Morgan fingerprint density at radius 3 is 2.43 bits per heavy atom. The Hall–Kier alpha value is -2.86. The van der Waals surface area contributed by atoms with Crippen LogP contribution in [-0.4, -0.2) is 57.9 Å². The SMILES string of the molecule is CCCCN1C(=O)[C@H](CC(C)C)NC(=O)C12CCN(Cc1cccc(-c3ccc(O)cc3)c1)CC2. The first-order valence-electron chi connectivity index (χ1n) is 13.1. The van der Waals surface area contributed by atoms with Crippen molar-refractivity contribution in [2.24, 2.45) is 5.92 Å². The molecule has 0 radical (unpaired) electrons. The normalized spacial score (nSPS) is 20.5. The van der Waals surface area contributed by atoms with Crippen molar-refractivity contribution in [1.29, 1.82) is 0 Å². The Kier molecular flexibility index (Phi) is 7.80.